The van der Waals surface area contributed by atoms with E-state index in [-0.39, 0.29) is 0 Å². The molecule has 0 aliphatic heterocycles. The van der Waals surface area contributed by atoms with Crippen LogP contribution in [0.25, 0.3) is 0 Å². The molecule has 0 bridgehead atoms. The number of rotatable bonds is 2. The van der Waals surface area contributed by atoms with Crippen LogP contribution in [0.4, 0.5) is 0 Å². The van der Waals surface area contributed by atoms with Crippen molar-refractivity contribution in [1.29, 1.82) is 0 Å². The molecule has 0 fully saturated rings. The minimum atomic E-state index is -1.41. The smallest absolute Gasteiger partial charge is 0.423 e. The summed E-state index contributed by atoms with van der Waals surface area (Å²) in [7, 11) is -1.41. The molecule has 8 heavy (non-hydrogen) atoms. The zero-order chi connectivity index (χ0) is 6.57. The van der Waals surface area contributed by atoms with Gasteiger partial charge in [0.05, 0.1) is 0 Å². The fourth-order valence-corrected chi connectivity index (χ4v) is 0.300. The molecule has 0 aromatic rings. The van der Waals surface area contributed by atoms with Crippen molar-refractivity contribution in [1.82, 2.24) is 0 Å². The highest BCUT2D eigenvalue weighted by Crippen LogP contribution is 1.91. The van der Waals surface area contributed by atoms with Crippen LogP contribution in [0.15, 0.2) is 24.2 Å². The molecule has 0 aromatic carbocycles. The molecule has 0 rings (SSSR count). The molecule has 0 saturated heterocycles. The Labute approximate surface area is 49.3 Å². The van der Waals surface area contributed by atoms with Gasteiger partial charge in [-0.3, -0.25) is 0 Å². The van der Waals surface area contributed by atoms with Crippen LogP contribution in [0, 0.1) is 0 Å². The summed E-state index contributed by atoms with van der Waals surface area (Å²) in [4.78, 5) is 0. The van der Waals surface area contributed by atoms with Crippen molar-refractivity contribution < 1.29 is 10.0 Å². The van der Waals surface area contributed by atoms with Gasteiger partial charge in [-0.05, 0) is 12.4 Å². The molecule has 0 saturated carbocycles. The van der Waals surface area contributed by atoms with Gasteiger partial charge in [-0.1, -0.05) is 18.7 Å². The van der Waals surface area contributed by atoms with Crippen molar-refractivity contribution in [2.75, 3.05) is 0 Å². The second-order valence-electron chi connectivity index (χ2n) is 1.45. The van der Waals surface area contributed by atoms with Crippen LogP contribution in [0.2, 0.25) is 0 Å². The standard InChI is InChI=1S/C5H9BO2/c1-3-4-5(2)6(7)8/h3-4,7-8H,2H2,1H3/b4-3-. The minimum absolute atomic E-state index is 0.313. The van der Waals surface area contributed by atoms with E-state index in [1.807, 2.05) is 0 Å². The summed E-state index contributed by atoms with van der Waals surface area (Å²) in [5.41, 5.74) is 0.313. The number of allylic oxidation sites excluding steroid dienone is 3. The van der Waals surface area contributed by atoms with E-state index in [2.05, 4.69) is 6.58 Å². The molecule has 0 unspecified atom stereocenters. The van der Waals surface area contributed by atoms with Crippen LogP contribution in [-0.4, -0.2) is 17.2 Å². The van der Waals surface area contributed by atoms with Crippen molar-refractivity contribution in [3.63, 3.8) is 0 Å². The monoisotopic (exact) mass is 112 g/mol. The third kappa shape index (κ3) is 2.61. The van der Waals surface area contributed by atoms with E-state index in [0.29, 0.717) is 5.47 Å². The molecule has 0 atom stereocenters. The molecule has 2 N–H and O–H groups in total. The van der Waals surface area contributed by atoms with E-state index < -0.39 is 7.12 Å². The molecule has 0 aliphatic rings. The Balaban J connectivity index is 3.66. The molecular formula is C5H9BO2. The Morgan fingerprint density at radius 1 is 1.62 bits per heavy atom. The van der Waals surface area contributed by atoms with Crippen LogP contribution in [0.1, 0.15) is 6.92 Å². The Morgan fingerprint density at radius 3 is 2.25 bits per heavy atom. The lowest BCUT2D eigenvalue weighted by molar-refractivity contribution is 0.421. The molecule has 0 heterocycles. The molecule has 0 radical (unpaired) electrons. The molecule has 0 spiro atoms. The van der Waals surface area contributed by atoms with Crippen molar-refractivity contribution >= 4 is 7.12 Å². The molecule has 0 amide bonds. The average Bonchev–Trinajstić information content (AvgIpc) is 1.67. The summed E-state index contributed by atoms with van der Waals surface area (Å²) in [5.74, 6) is 0. The molecule has 2 nitrogen and oxygen atoms in total. The van der Waals surface area contributed by atoms with Crippen molar-refractivity contribution in [2.24, 2.45) is 0 Å². The van der Waals surface area contributed by atoms with Gasteiger partial charge < -0.3 is 10.0 Å². The lowest BCUT2D eigenvalue weighted by Crippen LogP contribution is -2.12. The molecule has 0 aliphatic carbocycles. The molecule has 44 valence electrons. The van der Waals surface area contributed by atoms with Gasteiger partial charge in [0.15, 0.2) is 0 Å². The van der Waals surface area contributed by atoms with Crippen LogP contribution in [0.3, 0.4) is 0 Å². The minimum Gasteiger partial charge on any atom is -0.423 e. The number of hydrogen-bond acceptors (Lipinski definition) is 2. The Kier molecular flexibility index (Phi) is 3.23. The Bertz CT molecular complexity index is 107. The van der Waals surface area contributed by atoms with E-state index in [0.717, 1.165) is 0 Å². The number of hydrogen-bond donors (Lipinski definition) is 2. The van der Waals surface area contributed by atoms with Crippen molar-refractivity contribution in [3.8, 4) is 0 Å². The molecule has 0 aromatic heterocycles. The highest BCUT2D eigenvalue weighted by molar-refractivity contribution is 6.51. The summed E-state index contributed by atoms with van der Waals surface area (Å²) < 4.78 is 0. The first-order valence-electron chi connectivity index (χ1n) is 2.36. The first-order valence-corrected chi connectivity index (χ1v) is 2.36. The fraction of sp³-hybridized carbons (Fsp3) is 0.200. The van der Waals surface area contributed by atoms with Gasteiger partial charge in [0.2, 0.25) is 0 Å². The highest BCUT2D eigenvalue weighted by atomic mass is 16.4. The first kappa shape index (κ1) is 7.46. The normalized spacial score (nSPS) is 9.88. The summed E-state index contributed by atoms with van der Waals surface area (Å²) in [5, 5.41) is 16.7. The Morgan fingerprint density at radius 2 is 2.12 bits per heavy atom. The average molecular weight is 112 g/mol. The second kappa shape index (κ2) is 3.46. The van der Waals surface area contributed by atoms with Gasteiger partial charge in [-0.25, -0.2) is 0 Å². The van der Waals surface area contributed by atoms with Gasteiger partial charge in [0, 0.05) is 0 Å². The highest BCUT2D eigenvalue weighted by Gasteiger charge is 2.06. The Hall–Kier alpha value is -0.535. The zero-order valence-electron chi connectivity index (χ0n) is 4.83. The van der Waals surface area contributed by atoms with Crippen LogP contribution < -0.4 is 0 Å². The topological polar surface area (TPSA) is 40.5 Å². The summed E-state index contributed by atoms with van der Waals surface area (Å²) in [6.07, 6.45) is 3.24. The largest absolute Gasteiger partial charge is 0.487 e. The van der Waals surface area contributed by atoms with Crippen molar-refractivity contribution in [3.05, 3.63) is 24.2 Å². The summed E-state index contributed by atoms with van der Waals surface area (Å²) in [6.45, 7) is 5.14. The fourth-order valence-electron chi connectivity index (χ4n) is 0.300. The lowest BCUT2D eigenvalue weighted by atomic mass is 9.81. The van der Waals surface area contributed by atoms with Crippen LogP contribution >= 0.6 is 0 Å². The second-order valence-corrected chi connectivity index (χ2v) is 1.45. The van der Waals surface area contributed by atoms with Crippen molar-refractivity contribution in [2.45, 2.75) is 6.92 Å². The zero-order valence-corrected chi connectivity index (χ0v) is 4.83. The summed E-state index contributed by atoms with van der Waals surface area (Å²) in [6, 6.07) is 0. The predicted molar refractivity (Wildman–Crippen MR) is 34.1 cm³/mol. The van der Waals surface area contributed by atoms with E-state index in [1.165, 1.54) is 0 Å². The maximum atomic E-state index is 8.36. The molecule has 3 heteroatoms. The van der Waals surface area contributed by atoms with E-state index in [1.54, 1.807) is 19.1 Å². The quantitative estimate of drug-likeness (QED) is 0.393. The first-order chi connectivity index (χ1) is 3.68. The lowest BCUT2D eigenvalue weighted by Gasteiger charge is -1.92. The van der Waals surface area contributed by atoms with E-state index in [4.69, 9.17) is 10.0 Å². The molecular weight excluding hydrogens is 103 g/mol. The maximum Gasteiger partial charge on any atom is 0.487 e. The van der Waals surface area contributed by atoms with Gasteiger partial charge in [-0.2, -0.15) is 0 Å². The van der Waals surface area contributed by atoms with Gasteiger partial charge >= 0.3 is 7.12 Å². The van der Waals surface area contributed by atoms with Gasteiger partial charge in [0.1, 0.15) is 0 Å². The van der Waals surface area contributed by atoms with Crippen LogP contribution in [-0.2, 0) is 0 Å². The maximum absolute atomic E-state index is 8.36. The van der Waals surface area contributed by atoms with E-state index in [9.17, 15) is 0 Å². The van der Waals surface area contributed by atoms with Gasteiger partial charge in [-0.15, -0.1) is 0 Å². The van der Waals surface area contributed by atoms with Crippen LogP contribution in [0.5, 0.6) is 0 Å². The summed E-state index contributed by atoms with van der Waals surface area (Å²) >= 11 is 0. The third-order valence-electron chi connectivity index (χ3n) is 0.712. The van der Waals surface area contributed by atoms with E-state index >= 15 is 0 Å². The predicted octanol–water partition coefficient (Wildman–Crippen LogP) is 0.131. The van der Waals surface area contributed by atoms with Gasteiger partial charge in [0.25, 0.3) is 0 Å². The third-order valence-corrected chi connectivity index (χ3v) is 0.712. The SMILES string of the molecule is C=C(/C=C\C)B(O)O.